The molecule has 0 spiro atoms. The highest BCUT2D eigenvalue weighted by Gasteiger charge is 2.20. The number of rotatable bonds is 6. The van der Waals surface area contributed by atoms with E-state index in [4.69, 9.17) is 0 Å². The maximum Gasteiger partial charge on any atom is 0.326 e. The van der Waals surface area contributed by atoms with E-state index in [-0.39, 0.29) is 23.7 Å². The molecule has 7 heteroatoms. The molecule has 0 aliphatic rings. The molecule has 0 aliphatic heterocycles. The Labute approximate surface area is 143 Å². The van der Waals surface area contributed by atoms with E-state index < -0.39 is 17.9 Å². The molecule has 1 unspecified atom stereocenters. The smallest absolute Gasteiger partial charge is 0.326 e. The van der Waals surface area contributed by atoms with Crippen LogP contribution in [0.25, 0.3) is 6.08 Å². The maximum absolute atomic E-state index is 11.9. The van der Waals surface area contributed by atoms with Crippen molar-refractivity contribution in [2.24, 2.45) is 0 Å². The monoisotopic (exact) mass is 343 g/mol. The van der Waals surface area contributed by atoms with E-state index in [1.807, 2.05) is 0 Å². The predicted octanol–water partition coefficient (Wildman–Crippen LogP) is 1.63. The minimum atomic E-state index is -1.22. The van der Waals surface area contributed by atoms with E-state index in [1.165, 1.54) is 42.5 Å². The number of nitrogens with one attached hydrogen (secondary N) is 1. The molecule has 2 rings (SSSR count). The number of carboxylic acids is 1. The summed E-state index contributed by atoms with van der Waals surface area (Å²) in [5, 5.41) is 39.5. The van der Waals surface area contributed by atoms with Gasteiger partial charge in [0.25, 0.3) is 0 Å². The van der Waals surface area contributed by atoms with Gasteiger partial charge in [0, 0.05) is 12.5 Å². The Morgan fingerprint density at radius 3 is 2.28 bits per heavy atom. The molecule has 0 saturated heterocycles. The van der Waals surface area contributed by atoms with Gasteiger partial charge in [0.05, 0.1) is 0 Å². The predicted molar refractivity (Wildman–Crippen MR) is 90.2 cm³/mol. The molecule has 1 atom stereocenters. The molecule has 25 heavy (non-hydrogen) atoms. The fourth-order valence-electron chi connectivity index (χ4n) is 2.11. The van der Waals surface area contributed by atoms with Gasteiger partial charge in [-0.1, -0.05) is 18.2 Å². The van der Waals surface area contributed by atoms with Crippen LogP contribution in [0.15, 0.2) is 48.5 Å². The van der Waals surface area contributed by atoms with Gasteiger partial charge in [-0.3, -0.25) is 4.79 Å². The van der Waals surface area contributed by atoms with E-state index in [9.17, 15) is 30.0 Å². The number of carboxylic acid groups (broad SMARTS) is 1. The molecular formula is C18H17NO6. The SMILES string of the molecule is O=C(C=Cc1ccc(O)cc1)NC(Cc1ccc(O)c(O)c1)C(=O)O. The van der Waals surface area contributed by atoms with Crippen LogP contribution in [0, 0.1) is 0 Å². The first-order chi connectivity index (χ1) is 11.8. The number of benzene rings is 2. The molecule has 7 nitrogen and oxygen atoms in total. The lowest BCUT2D eigenvalue weighted by molar-refractivity contribution is -0.141. The zero-order valence-electron chi connectivity index (χ0n) is 13.1. The van der Waals surface area contributed by atoms with Crippen LogP contribution in [0.2, 0.25) is 0 Å². The Morgan fingerprint density at radius 1 is 1.00 bits per heavy atom. The van der Waals surface area contributed by atoms with Crippen LogP contribution in [0.1, 0.15) is 11.1 Å². The van der Waals surface area contributed by atoms with Crippen LogP contribution in [0.4, 0.5) is 0 Å². The second kappa shape index (κ2) is 7.87. The summed E-state index contributed by atoms with van der Waals surface area (Å²) in [6.07, 6.45) is 2.62. The van der Waals surface area contributed by atoms with Crippen molar-refractivity contribution >= 4 is 18.0 Å². The van der Waals surface area contributed by atoms with Crippen molar-refractivity contribution in [1.82, 2.24) is 5.32 Å². The lowest BCUT2D eigenvalue weighted by Crippen LogP contribution is -2.41. The lowest BCUT2D eigenvalue weighted by atomic mass is 10.1. The van der Waals surface area contributed by atoms with Crippen molar-refractivity contribution in [3.63, 3.8) is 0 Å². The maximum atomic E-state index is 11.9. The Hall–Kier alpha value is -3.48. The fourth-order valence-corrected chi connectivity index (χ4v) is 2.11. The van der Waals surface area contributed by atoms with Gasteiger partial charge >= 0.3 is 5.97 Å². The molecule has 0 aliphatic carbocycles. The fraction of sp³-hybridized carbons (Fsp3) is 0.111. The number of hydrogen-bond donors (Lipinski definition) is 5. The topological polar surface area (TPSA) is 127 Å². The quantitative estimate of drug-likeness (QED) is 0.401. The van der Waals surface area contributed by atoms with Crippen molar-refractivity contribution in [2.75, 3.05) is 0 Å². The van der Waals surface area contributed by atoms with Crippen molar-refractivity contribution in [3.05, 3.63) is 59.7 Å². The Morgan fingerprint density at radius 2 is 1.68 bits per heavy atom. The molecule has 0 heterocycles. The number of phenolic OH excluding ortho intramolecular Hbond substituents is 3. The second-order valence-electron chi connectivity index (χ2n) is 5.35. The van der Waals surface area contributed by atoms with E-state index in [2.05, 4.69) is 5.32 Å². The highest BCUT2D eigenvalue weighted by molar-refractivity contribution is 5.94. The molecule has 0 saturated carbocycles. The summed E-state index contributed by atoms with van der Waals surface area (Å²) in [6.45, 7) is 0. The van der Waals surface area contributed by atoms with E-state index in [0.717, 1.165) is 0 Å². The third-order valence-electron chi connectivity index (χ3n) is 3.41. The van der Waals surface area contributed by atoms with Crippen LogP contribution in [-0.4, -0.2) is 38.3 Å². The van der Waals surface area contributed by atoms with E-state index in [0.29, 0.717) is 11.1 Å². The van der Waals surface area contributed by atoms with Gasteiger partial charge < -0.3 is 25.7 Å². The van der Waals surface area contributed by atoms with E-state index in [1.54, 1.807) is 12.1 Å². The van der Waals surface area contributed by atoms with Gasteiger partial charge in [0.15, 0.2) is 11.5 Å². The second-order valence-corrected chi connectivity index (χ2v) is 5.35. The van der Waals surface area contributed by atoms with Crippen LogP contribution in [0.5, 0.6) is 17.2 Å². The molecule has 0 radical (unpaired) electrons. The van der Waals surface area contributed by atoms with Crippen LogP contribution >= 0.6 is 0 Å². The number of amides is 1. The number of hydrogen-bond acceptors (Lipinski definition) is 5. The minimum Gasteiger partial charge on any atom is -0.508 e. The summed E-state index contributed by atoms with van der Waals surface area (Å²) in [5.41, 5.74) is 1.12. The van der Waals surface area contributed by atoms with Gasteiger partial charge in [-0.05, 0) is 41.5 Å². The molecule has 0 aromatic heterocycles. The average Bonchev–Trinajstić information content (AvgIpc) is 2.57. The van der Waals surface area contributed by atoms with Crippen LogP contribution in [-0.2, 0) is 16.0 Å². The van der Waals surface area contributed by atoms with Crippen molar-refractivity contribution in [3.8, 4) is 17.2 Å². The standard InChI is InChI=1S/C18H17NO6/c20-13-5-1-11(2-6-13)4-8-17(23)19-14(18(24)25)9-12-3-7-15(21)16(22)10-12/h1-8,10,14,20-22H,9H2,(H,19,23)(H,24,25). The molecule has 2 aromatic rings. The van der Waals surface area contributed by atoms with Gasteiger partial charge in [-0.15, -0.1) is 0 Å². The lowest BCUT2D eigenvalue weighted by Gasteiger charge is -2.13. The van der Waals surface area contributed by atoms with Gasteiger partial charge in [-0.2, -0.15) is 0 Å². The van der Waals surface area contributed by atoms with Crippen molar-refractivity contribution in [1.29, 1.82) is 0 Å². The molecule has 5 N–H and O–H groups in total. The number of carbonyl (C=O) groups excluding carboxylic acids is 1. The number of carbonyl (C=O) groups is 2. The van der Waals surface area contributed by atoms with Crippen molar-refractivity contribution < 1.29 is 30.0 Å². The number of aliphatic carboxylic acids is 1. The molecule has 2 aromatic carbocycles. The first-order valence-corrected chi connectivity index (χ1v) is 7.36. The highest BCUT2D eigenvalue weighted by atomic mass is 16.4. The summed E-state index contributed by atoms with van der Waals surface area (Å²) < 4.78 is 0. The molecule has 1 amide bonds. The van der Waals surface area contributed by atoms with Crippen molar-refractivity contribution in [2.45, 2.75) is 12.5 Å². The van der Waals surface area contributed by atoms with Crippen LogP contribution < -0.4 is 5.32 Å². The zero-order valence-corrected chi connectivity index (χ0v) is 13.1. The average molecular weight is 343 g/mol. The van der Waals surface area contributed by atoms with E-state index >= 15 is 0 Å². The Balaban J connectivity index is 2.02. The van der Waals surface area contributed by atoms with Gasteiger partial charge in [-0.25, -0.2) is 4.79 Å². The third-order valence-corrected chi connectivity index (χ3v) is 3.41. The molecule has 130 valence electrons. The zero-order chi connectivity index (χ0) is 18.4. The summed E-state index contributed by atoms with van der Waals surface area (Å²) in [6, 6.07) is 8.90. The first-order valence-electron chi connectivity index (χ1n) is 7.36. The van der Waals surface area contributed by atoms with Gasteiger partial charge in [0.1, 0.15) is 11.8 Å². The molecule has 0 fully saturated rings. The summed E-state index contributed by atoms with van der Waals surface area (Å²) in [7, 11) is 0. The van der Waals surface area contributed by atoms with Gasteiger partial charge in [0.2, 0.25) is 5.91 Å². The summed E-state index contributed by atoms with van der Waals surface area (Å²) in [5.74, 6) is -2.39. The number of phenols is 3. The normalized spacial score (nSPS) is 12.0. The molecular weight excluding hydrogens is 326 g/mol. The largest absolute Gasteiger partial charge is 0.508 e. The minimum absolute atomic E-state index is 0.0536. The van der Waals surface area contributed by atoms with Crippen LogP contribution in [0.3, 0.4) is 0 Å². The third kappa shape index (κ3) is 5.28. The summed E-state index contributed by atoms with van der Waals surface area (Å²) in [4.78, 5) is 23.2. The summed E-state index contributed by atoms with van der Waals surface area (Å²) >= 11 is 0. The highest BCUT2D eigenvalue weighted by Crippen LogP contribution is 2.25. The number of aromatic hydroxyl groups is 3. The Kier molecular flexibility index (Phi) is 5.62. The molecule has 0 bridgehead atoms. The first kappa shape index (κ1) is 17.9. The Bertz CT molecular complexity index is 798.